The van der Waals surface area contributed by atoms with E-state index in [4.69, 9.17) is 5.73 Å². The number of aryl methyl sites for hydroxylation is 1. The molecule has 1 atom stereocenters. The molecule has 0 radical (unpaired) electrons. The number of benzene rings is 1. The van der Waals surface area contributed by atoms with Crippen LogP contribution in [0.3, 0.4) is 0 Å². The number of nitrogens with two attached hydrogens (primary N) is 1. The molecule has 6 heteroatoms. The fourth-order valence-electron chi connectivity index (χ4n) is 2.55. The zero-order valence-corrected chi connectivity index (χ0v) is 14.6. The molecule has 1 saturated heterocycles. The van der Waals surface area contributed by atoms with E-state index in [9.17, 15) is 4.79 Å². The smallest absolute Gasteiger partial charge is 0.238 e. The summed E-state index contributed by atoms with van der Waals surface area (Å²) in [5.41, 5.74) is 7.64. The fourth-order valence-corrected chi connectivity index (χ4v) is 4.17. The van der Waals surface area contributed by atoms with Crippen molar-refractivity contribution in [3.63, 3.8) is 0 Å². The first-order chi connectivity index (χ1) is 9.51. The van der Waals surface area contributed by atoms with Crippen LogP contribution in [0.15, 0.2) is 21.1 Å². The Balaban J connectivity index is 2.01. The van der Waals surface area contributed by atoms with Gasteiger partial charge in [0.15, 0.2) is 0 Å². The van der Waals surface area contributed by atoms with Gasteiger partial charge in [-0.2, -0.15) is 0 Å². The number of hydrogen-bond acceptors (Lipinski definition) is 3. The van der Waals surface area contributed by atoms with E-state index in [0.717, 1.165) is 39.6 Å². The summed E-state index contributed by atoms with van der Waals surface area (Å²) in [5.74, 6) is -0.00407. The maximum Gasteiger partial charge on any atom is 0.238 e. The highest BCUT2D eigenvalue weighted by atomic mass is 79.9. The molecule has 1 aliphatic rings. The maximum atomic E-state index is 12.2. The monoisotopic (exact) mass is 403 g/mol. The van der Waals surface area contributed by atoms with Crippen LogP contribution in [0.2, 0.25) is 0 Å². The highest BCUT2D eigenvalue weighted by molar-refractivity contribution is 9.11. The van der Waals surface area contributed by atoms with Gasteiger partial charge in [0.05, 0.1) is 12.2 Å². The molecule has 0 bridgehead atoms. The van der Waals surface area contributed by atoms with Crippen molar-refractivity contribution in [1.29, 1.82) is 0 Å². The van der Waals surface area contributed by atoms with Crippen molar-refractivity contribution in [3.05, 3.63) is 26.6 Å². The quantitative estimate of drug-likeness (QED) is 0.811. The number of likely N-dealkylation sites (tertiary alicyclic amines) is 1. The van der Waals surface area contributed by atoms with Crippen LogP contribution in [0.4, 0.5) is 5.69 Å². The first-order valence-electron chi connectivity index (χ1n) is 6.71. The molecular formula is C14H19Br2N3O. The van der Waals surface area contributed by atoms with Gasteiger partial charge in [-0.05, 0) is 75.9 Å². The number of nitrogens with one attached hydrogen (secondary N) is 1. The summed E-state index contributed by atoms with van der Waals surface area (Å²) in [6.07, 6.45) is 2.20. The molecule has 0 aliphatic carbocycles. The molecule has 3 N–H and O–H groups in total. The first kappa shape index (κ1) is 15.9. The van der Waals surface area contributed by atoms with Crippen LogP contribution in [0, 0.1) is 6.92 Å². The molecule has 4 nitrogen and oxygen atoms in total. The molecule has 1 heterocycles. The average Bonchev–Trinajstić information content (AvgIpc) is 2.81. The lowest BCUT2D eigenvalue weighted by Crippen LogP contribution is -2.40. The van der Waals surface area contributed by atoms with Crippen LogP contribution < -0.4 is 11.1 Å². The maximum absolute atomic E-state index is 12.2. The minimum absolute atomic E-state index is 0.00407. The second-order valence-electron chi connectivity index (χ2n) is 5.15. The molecule has 1 aliphatic heterocycles. The van der Waals surface area contributed by atoms with Gasteiger partial charge in [-0.3, -0.25) is 9.69 Å². The number of nitrogens with zero attached hydrogens (tertiary/aromatic N) is 1. The third-order valence-corrected chi connectivity index (χ3v) is 4.82. The van der Waals surface area contributed by atoms with Gasteiger partial charge in [0, 0.05) is 21.5 Å². The molecule has 0 saturated carbocycles. The zero-order chi connectivity index (χ0) is 14.7. The minimum atomic E-state index is -0.00407. The Labute approximate surface area is 136 Å². The van der Waals surface area contributed by atoms with Crippen molar-refractivity contribution in [2.45, 2.75) is 25.8 Å². The number of hydrogen-bond donors (Lipinski definition) is 2. The number of halogens is 2. The van der Waals surface area contributed by atoms with Crippen LogP contribution in [-0.2, 0) is 4.79 Å². The molecular weight excluding hydrogens is 386 g/mol. The topological polar surface area (TPSA) is 58.4 Å². The summed E-state index contributed by atoms with van der Waals surface area (Å²) in [5, 5.41) is 2.96. The van der Waals surface area contributed by atoms with Crippen LogP contribution in [0.5, 0.6) is 0 Å². The molecule has 1 aromatic carbocycles. The normalized spacial score (nSPS) is 19.3. The highest BCUT2D eigenvalue weighted by Crippen LogP contribution is 2.32. The Morgan fingerprint density at radius 3 is 2.70 bits per heavy atom. The molecule has 1 amide bonds. The Morgan fingerprint density at radius 2 is 2.10 bits per heavy atom. The number of amides is 1. The van der Waals surface area contributed by atoms with Crippen molar-refractivity contribution in [2.75, 3.05) is 25.0 Å². The van der Waals surface area contributed by atoms with Gasteiger partial charge < -0.3 is 11.1 Å². The van der Waals surface area contributed by atoms with E-state index in [-0.39, 0.29) is 5.91 Å². The lowest BCUT2D eigenvalue weighted by atomic mass is 10.2. The fraction of sp³-hybridized carbons (Fsp3) is 0.500. The number of rotatable bonds is 4. The van der Waals surface area contributed by atoms with E-state index in [1.165, 1.54) is 0 Å². The minimum Gasteiger partial charge on any atom is -0.329 e. The van der Waals surface area contributed by atoms with Crippen LogP contribution in [0.1, 0.15) is 18.4 Å². The molecule has 1 fully saturated rings. The summed E-state index contributed by atoms with van der Waals surface area (Å²) in [4.78, 5) is 14.3. The summed E-state index contributed by atoms with van der Waals surface area (Å²) in [6.45, 7) is 3.97. The Hall–Kier alpha value is -0.430. The third-order valence-electron chi connectivity index (χ3n) is 3.57. The molecule has 0 aromatic heterocycles. The van der Waals surface area contributed by atoms with Crippen LogP contribution in [-0.4, -0.2) is 36.5 Å². The lowest BCUT2D eigenvalue weighted by Gasteiger charge is -2.22. The van der Waals surface area contributed by atoms with Gasteiger partial charge in [0.1, 0.15) is 0 Å². The van der Waals surface area contributed by atoms with Gasteiger partial charge in [-0.1, -0.05) is 0 Å². The molecule has 0 spiro atoms. The lowest BCUT2D eigenvalue weighted by molar-refractivity contribution is -0.117. The van der Waals surface area contributed by atoms with E-state index >= 15 is 0 Å². The van der Waals surface area contributed by atoms with E-state index in [2.05, 4.69) is 42.1 Å². The van der Waals surface area contributed by atoms with Gasteiger partial charge in [0.2, 0.25) is 5.91 Å². The van der Waals surface area contributed by atoms with Gasteiger partial charge >= 0.3 is 0 Å². The Kier molecular flexibility index (Phi) is 5.60. The van der Waals surface area contributed by atoms with E-state index < -0.39 is 0 Å². The SMILES string of the molecule is Cc1cc(Br)c(NC(=O)CN2CCCC2CN)c(Br)c1. The van der Waals surface area contributed by atoms with Crippen LogP contribution in [0.25, 0.3) is 0 Å². The van der Waals surface area contributed by atoms with Crippen molar-refractivity contribution in [3.8, 4) is 0 Å². The van der Waals surface area contributed by atoms with E-state index in [0.29, 0.717) is 19.1 Å². The Bertz CT molecular complexity index is 484. The first-order valence-corrected chi connectivity index (χ1v) is 8.29. The second kappa shape index (κ2) is 7.02. The highest BCUT2D eigenvalue weighted by Gasteiger charge is 2.25. The van der Waals surface area contributed by atoms with Crippen molar-refractivity contribution in [1.82, 2.24) is 4.90 Å². The second-order valence-corrected chi connectivity index (χ2v) is 6.86. The van der Waals surface area contributed by atoms with E-state index in [1.807, 2.05) is 19.1 Å². The van der Waals surface area contributed by atoms with Crippen LogP contribution >= 0.6 is 31.9 Å². The number of carbonyl (C=O) groups excluding carboxylic acids is 1. The molecule has 1 aromatic rings. The van der Waals surface area contributed by atoms with Gasteiger partial charge in [0.25, 0.3) is 0 Å². The number of carbonyl (C=O) groups is 1. The average molecular weight is 405 g/mol. The third kappa shape index (κ3) is 3.81. The van der Waals surface area contributed by atoms with Crippen molar-refractivity contribution in [2.24, 2.45) is 5.73 Å². The standard InChI is InChI=1S/C14H19Br2N3O/c1-9-5-11(15)14(12(16)6-9)18-13(20)8-19-4-2-3-10(19)7-17/h5-6,10H,2-4,7-8,17H2,1H3,(H,18,20). The summed E-state index contributed by atoms with van der Waals surface area (Å²) < 4.78 is 1.77. The molecule has 110 valence electrons. The van der Waals surface area contributed by atoms with Crippen molar-refractivity contribution >= 4 is 43.5 Å². The predicted molar refractivity (Wildman–Crippen MR) is 88.9 cm³/mol. The predicted octanol–water partition coefficient (Wildman–Crippen LogP) is 2.88. The molecule has 2 rings (SSSR count). The number of anilines is 1. The van der Waals surface area contributed by atoms with Gasteiger partial charge in [-0.15, -0.1) is 0 Å². The summed E-state index contributed by atoms with van der Waals surface area (Å²) in [7, 11) is 0. The summed E-state index contributed by atoms with van der Waals surface area (Å²) in [6, 6.07) is 4.31. The summed E-state index contributed by atoms with van der Waals surface area (Å²) >= 11 is 6.97. The largest absolute Gasteiger partial charge is 0.329 e. The molecule has 1 unspecified atom stereocenters. The van der Waals surface area contributed by atoms with Crippen molar-refractivity contribution < 1.29 is 4.79 Å². The Morgan fingerprint density at radius 1 is 1.45 bits per heavy atom. The van der Waals surface area contributed by atoms with E-state index in [1.54, 1.807) is 0 Å². The molecule has 20 heavy (non-hydrogen) atoms. The van der Waals surface area contributed by atoms with Gasteiger partial charge in [-0.25, -0.2) is 0 Å². The zero-order valence-electron chi connectivity index (χ0n) is 11.5.